The van der Waals surface area contributed by atoms with E-state index in [2.05, 4.69) is 67.3 Å². The largest absolute Gasteiger partial charge is 0.497 e. The minimum absolute atomic E-state index is 0.274. The fourth-order valence-electron chi connectivity index (χ4n) is 5.01. The SMILES string of the molecule is COc1ccc2c(c1)[C@@]1(C)CCN(CCc3ccccc3)C(C2)[C@@H]1C. The first kappa shape index (κ1) is 16.7. The Morgan fingerprint density at radius 3 is 2.72 bits per heavy atom. The van der Waals surface area contributed by atoms with Gasteiger partial charge in [0.1, 0.15) is 5.75 Å². The molecule has 4 rings (SSSR count). The Balaban J connectivity index is 1.57. The Labute approximate surface area is 151 Å². The highest BCUT2D eigenvalue weighted by molar-refractivity contribution is 5.44. The van der Waals surface area contributed by atoms with E-state index < -0.39 is 0 Å². The van der Waals surface area contributed by atoms with E-state index in [0.717, 1.165) is 12.2 Å². The molecule has 25 heavy (non-hydrogen) atoms. The standard InChI is InChI=1S/C23H29NO/c1-17-22-15-19-9-10-20(25-3)16-21(19)23(17,2)12-14-24(22)13-11-18-7-5-4-6-8-18/h4-10,16-17,22H,11-15H2,1-3H3/t17-,22?,23-/m0/s1. The molecule has 1 unspecified atom stereocenters. The third kappa shape index (κ3) is 2.87. The first-order chi connectivity index (χ1) is 12.1. The molecule has 0 aromatic heterocycles. The van der Waals surface area contributed by atoms with Gasteiger partial charge in [0.05, 0.1) is 7.11 Å². The highest BCUT2D eigenvalue weighted by Gasteiger charge is 2.48. The lowest BCUT2D eigenvalue weighted by atomic mass is 9.59. The highest BCUT2D eigenvalue weighted by atomic mass is 16.5. The number of hydrogen-bond acceptors (Lipinski definition) is 2. The van der Waals surface area contributed by atoms with Crippen molar-refractivity contribution in [2.24, 2.45) is 5.92 Å². The number of likely N-dealkylation sites (tertiary alicyclic amines) is 1. The van der Waals surface area contributed by atoms with Gasteiger partial charge in [0.2, 0.25) is 0 Å². The van der Waals surface area contributed by atoms with Crippen molar-refractivity contribution >= 4 is 0 Å². The molecule has 1 fully saturated rings. The Kier molecular flexibility index (Phi) is 4.33. The number of nitrogens with zero attached hydrogens (tertiary/aromatic N) is 1. The smallest absolute Gasteiger partial charge is 0.119 e. The quantitative estimate of drug-likeness (QED) is 0.818. The van der Waals surface area contributed by atoms with Crippen molar-refractivity contribution in [3.63, 3.8) is 0 Å². The number of rotatable bonds is 4. The second kappa shape index (κ2) is 6.49. The molecular weight excluding hydrogens is 306 g/mol. The van der Waals surface area contributed by atoms with Crippen molar-refractivity contribution in [1.29, 1.82) is 0 Å². The topological polar surface area (TPSA) is 12.5 Å². The molecule has 3 atom stereocenters. The summed E-state index contributed by atoms with van der Waals surface area (Å²) in [6.07, 6.45) is 3.56. The normalized spacial score (nSPS) is 28.4. The summed E-state index contributed by atoms with van der Waals surface area (Å²) in [4.78, 5) is 2.74. The molecular formula is C23H29NO. The summed E-state index contributed by atoms with van der Waals surface area (Å²) in [6, 6.07) is 18.3. The summed E-state index contributed by atoms with van der Waals surface area (Å²) in [5, 5.41) is 0. The zero-order chi connectivity index (χ0) is 17.4. The van der Waals surface area contributed by atoms with Gasteiger partial charge >= 0.3 is 0 Å². The summed E-state index contributed by atoms with van der Waals surface area (Å²) >= 11 is 0. The van der Waals surface area contributed by atoms with Gasteiger partial charge in [0, 0.05) is 12.6 Å². The average molecular weight is 335 g/mol. The Bertz CT molecular complexity index is 741. The summed E-state index contributed by atoms with van der Waals surface area (Å²) in [5.41, 5.74) is 4.77. The number of hydrogen-bond donors (Lipinski definition) is 0. The summed E-state index contributed by atoms with van der Waals surface area (Å²) < 4.78 is 5.50. The van der Waals surface area contributed by atoms with Crippen LogP contribution in [0, 0.1) is 5.92 Å². The Hall–Kier alpha value is -1.80. The lowest BCUT2D eigenvalue weighted by molar-refractivity contribution is 0.0322. The molecule has 1 aliphatic heterocycles. The molecule has 2 heteroatoms. The van der Waals surface area contributed by atoms with Gasteiger partial charge in [-0.1, -0.05) is 50.2 Å². The molecule has 0 radical (unpaired) electrons. The number of benzene rings is 2. The van der Waals surface area contributed by atoms with E-state index in [1.165, 1.54) is 42.6 Å². The van der Waals surface area contributed by atoms with Gasteiger partial charge in [-0.25, -0.2) is 0 Å². The molecule has 0 N–H and O–H groups in total. The summed E-state index contributed by atoms with van der Waals surface area (Å²) in [6.45, 7) is 7.30. The van der Waals surface area contributed by atoms with Crippen LogP contribution in [0.15, 0.2) is 48.5 Å². The molecule has 1 saturated heterocycles. The molecule has 2 aromatic carbocycles. The van der Waals surface area contributed by atoms with Crippen LogP contribution in [-0.4, -0.2) is 31.1 Å². The zero-order valence-corrected chi connectivity index (χ0v) is 15.7. The van der Waals surface area contributed by atoms with Crippen LogP contribution < -0.4 is 4.74 Å². The summed E-state index contributed by atoms with van der Waals surface area (Å²) in [7, 11) is 1.77. The fourth-order valence-corrected chi connectivity index (χ4v) is 5.01. The van der Waals surface area contributed by atoms with Gasteiger partial charge < -0.3 is 4.74 Å². The van der Waals surface area contributed by atoms with Crippen molar-refractivity contribution in [2.75, 3.05) is 20.2 Å². The zero-order valence-electron chi connectivity index (χ0n) is 15.7. The summed E-state index contributed by atoms with van der Waals surface area (Å²) in [5.74, 6) is 1.67. The first-order valence-electron chi connectivity index (χ1n) is 9.57. The second-order valence-corrected chi connectivity index (χ2v) is 8.02. The third-order valence-corrected chi connectivity index (χ3v) is 6.86. The van der Waals surface area contributed by atoms with Crippen molar-refractivity contribution in [3.8, 4) is 5.75 Å². The molecule has 2 aromatic rings. The first-order valence-corrected chi connectivity index (χ1v) is 9.57. The van der Waals surface area contributed by atoms with E-state index in [9.17, 15) is 0 Å². The van der Waals surface area contributed by atoms with Crippen molar-refractivity contribution in [1.82, 2.24) is 4.90 Å². The van der Waals surface area contributed by atoms with Crippen LogP contribution >= 0.6 is 0 Å². The number of fused-ring (bicyclic) bond motifs is 4. The van der Waals surface area contributed by atoms with E-state index in [1.807, 2.05) is 0 Å². The van der Waals surface area contributed by atoms with Crippen LogP contribution in [-0.2, 0) is 18.3 Å². The van der Waals surface area contributed by atoms with E-state index in [-0.39, 0.29) is 5.41 Å². The average Bonchev–Trinajstić information content (AvgIpc) is 2.64. The lowest BCUT2D eigenvalue weighted by Gasteiger charge is -2.54. The molecule has 2 aliphatic rings. The number of methoxy groups -OCH3 is 1. The van der Waals surface area contributed by atoms with Crippen LogP contribution in [0.25, 0.3) is 0 Å². The van der Waals surface area contributed by atoms with Gasteiger partial charge in [0.25, 0.3) is 0 Å². The van der Waals surface area contributed by atoms with E-state index in [0.29, 0.717) is 12.0 Å². The minimum atomic E-state index is 0.274. The maximum absolute atomic E-state index is 5.50. The van der Waals surface area contributed by atoms with Gasteiger partial charge in [0.15, 0.2) is 0 Å². The molecule has 0 saturated carbocycles. The highest BCUT2D eigenvalue weighted by Crippen LogP contribution is 2.49. The fraction of sp³-hybridized carbons (Fsp3) is 0.478. The van der Waals surface area contributed by atoms with Gasteiger partial charge in [-0.15, -0.1) is 0 Å². The monoisotopic (exact) mass is 335 g/mol. The molecule has 0 spiro atoms. The predicted octanol–water partition coefficient (Wildman–Crippen LogP) is 4.46. The van der Waals surface area contributed by atoms with E-state index in [4.69, 9.17) is 4.74 Å². The Morgan fingerprint density at radius 1 is 1.16 bits per heavy atom. The van der Waals surface area contributed by atoms with Crippen LogP contribution in [0.1, 0.15) is 37.0 Å². The molecule has 0 amide bonds. The van der Waals surface area contributed by atoms with Gasteiger partial charge in [-0.2, -0.15) is 0 Å². The number of piperidine rings is 1. The third-order valence-electron chi connectivity index (χ3n) is 6.86. The molecule has 2 bridgehead atoms. The van der Waals surface area contributed by atoms with Crippen LogP contribution in [0.5, 0.6) is 5.75 Å². The van der Waals surface area contributed by atoms with Crippen molar-refractivity contribution in [3.05, 3.63) is 65.2 Å². The maximum Gasteiger partial charge on any atom is 0.119 e. The van der Waals surface area contributed by atoms with Crippen molar-refractivity contribution < 1.29 is 4.74 Å². The number of ether oxygens (including phenoxy) is 1. The second-order valence-electron chi connectivity index (χ2n) is 8.02. The van der Waals surface area contributed by atoms with E-state index >= 15 is 0 Å². The van der Waals surface area contributed by atoms with Gasteiger partial charge in [-0.3, -0.25) is 4.90 Å². The van der Waals surface area contributed by atoms with Crippen LogP contribution in [0.2, 0.25) is 0 Å². The van der Waals surface area contributed by atoms with Crippen molar-refractivity contribution in [2.45, 2.75) is 44.6 Å². The predicted molar refractivity (Wildman–Crippen MR) is 103 cm³/mol. The van der Waals surface area contributed by atoms with Crippen LogP contribution in [0.3, 0.4) is 0 Å². The van der Waals surface area contributed by atoms with E-state index in [1.54, 1.807) is 7.11 Å². The maximum atomic E-state index is 5.50. The van der Waals surface area contributed by atoms with Gasteiger partial charge in [-0.05, 0) is 66.0 Å². The minimum Gasteiger partial charge on any atom is -0.497 e. The molecule has 1 heterocycles. The molecule has 1 aliphatic carbocycles. The molecule has 2 nitrogen and oxygen atoms in total. The molecule has 132 valence electrons. The lowest BCUT2D eigenvalue weighted by Crippen LogP contribution is -2.58. The Morgan fingerprint density at radius 2 is 1.96 bits per heavy atom. The van der Waals surface area contributed by atoms with Crippen LogP contribution in [0.4, 0.5) is 0 Å².